The van der Waals surface area contributed by atoms with Crippen LogP contribution in [-0.4, -0.2) is 17.4 Å². The number of aliphatic imine (C=N–C) groups is 1. The predicted octanol–water partition coefficient (Wildman–Crippen LogP) is 4.42. The summed E-state index contributed by atoms with van der Waals surface area (Å²) in [4.78, 5) is 4.17. The Hall–Kier alpha value is -1.22. The van der Waals surface area contributed by atoms with Crippen LogP contribution in [0.15, 0.2) is 46.7 Å². The summed E-state index contributed by atoms with van der Waals surface area (Å²) in [6.45, 7) is 2.61. The minimum Gasteiger partial charge on any atom is -0.404 e. The fraction of sp³-hybridized carbons (Fsp3) is 0.200. The maximum Gasteiger partial charge on any atom is 0.124 e. The number of rotatable bonds is 7. The summed E-state index contributed by atoms with van der Waals surface area (Å²) in [5.74, 6) is -0.286. The van der Waals surface area contributed by atoms with Gasteiger partial charge in [0.25, 0.3) is 0 Å². The predicted molar refractivity (Wildman–Crippen MR) is 103 cm³/mol. The first-order chi connectivity index (χ1) is 10.5. The molecular formula is C15H17BrFIN4. The molecule has 4 N–H and O–H groups in total. The number of allylic oxidation sites excluding steroid dienone is 2. The lowest BCUT2D eigenvalue weighted by molar-refractivity contribution is 0.627. The quantitative estimate of drug-likeness (QED) is 0.400. The zero-order valence-electron chi connectivity index (χ0n) is 12.0. The van der Waals surface area contributed by atoms with Crippen molar-refractivity contribution in [3.8, 4) is 0 Å². The molecule has 0 radical (unpaired) electrons. The number of nitrogens with one attached hydrogen (secondary N) is 2. The Bertz CT molecular complexity index is 626. The second-order valence-electron chi connectivity index (χ2n) is 4.31. The van der Waals surface area contributed by atoms with E-state index < -0.39 is 0 Å². The molecule has 0 spiro atoms. The average Bonchev–Trinajstić information content (AvgIpc) is 2.45. The summed E-state index contributed by atoms with van der Waals surface area (Å²) in [5, 5.41) is 10.8. The van der Waals surface area contributed by atoms with E-state index in [1.54, 1.807) is 18.4 Å². The smallest absolute Gasteiger partial charge is 0.124 e. The fourth-order valence-corrected chi connectivity index (χ4v) is 2.51. The molecule has 0 atom stereocenters. The van der Waals surface area contributed by atoms with Crippen molar-refractivity contribution in [2.45, 2.75) is 13.3 Å². The van der Waals surface area contributed by atoms with Gasteiger partial charge in [0.1, 0.15) is 5.82 Å². The highest BCUT2D eigenvalue weighted by Gasteiger charge is 2.06. The maximum atomic E-state index is 13.2. The van der Waals surface area contributed by atoms with Crippen LogP contribution in [0.1, 0.15) is 13.3 Å². The molecule has 0 saturated heterocycles. The molecule has 0 heterocycles. The van der Waals surface area contributed by atoms with Crippen molar-refractivity contribution in [1.29, 1.82) is 5.41 Å². The lowest BCUT2D eigenvalue weighted by Gasteiger charge is -2.13. The number of anilines is 1. The van der Waals surface area contributed by atoms with Gasteiger partial charge in [-0.15, -0.1) is 0 Å². The molecule has 0 aromatic heterocycles. The maximum absolute atomic E-state index is 13.2. The van der Waals surface area contributed by atoms with Gasteiger partial charge in [0, 0.05) is 28.4 Å². The molecule has 0 unspecified atom stereocenters. The number of benzene rings is 1. The van der Waals surface area contributed by atoms with Crippen molar-refractivity contribution >= 4 is 55.0 Å². The first-order valence-electron chi connectivity index (χ1n) is 6.53. The molecule has 1 rings (SSSR count). The van der Waals surface area contributed by atoms with Crippen LogP contribution >= 0.6 is 38.5 Å². The van der Waals surface area contributed by atoms with Crippen molar-refractivity contribution < 1.29 is 4.39 Å². The van der Waals surface area contributed by atoms with Crippen LogP contribution in [-0.2, 0) is 0 Å². The number of nitrogens with two attached hydrogens (primary N) is 1. The monoisotopic (exact) mass is 478 g/mol. The number of hydrogen-bond acceptors (Lipinski definition) is 4. The molecule has 4 nitrogen and oxygen atoms in total. The zero-order valence-corrected chi connectivity index (χ0v) is 15.8. The SMILES string of the molecule is CCN=CC(=CN)C/C(=C/C(=N)Br)Nc1ccc(F)cc1I. The van der Waals surface area contributed by atoms with Gasteiger partial charge in [-0.2, -0.15) is 0 Å². The van der Waals surface area contributed by atoms with E-state index in [-0.39, 0.29) is 10.4 Å². The van der Waals surface area contributed by atoms with Crippen LogP contribution in [0.2, 0.25) is 0 Å². The van der Waals surface area contributed by atoms with Gasteiger partial charge in [-0.3, -0.25) is 10.4 Å². The van der Waals surface area contributed by atoms with Crippen LogP contribution in [0.4, 0.5) is 10.1 Å². The molecule has 118 valence electrons. The third-order valence-electron chi connectivity index (χ3n) is 2.58. The Balaban J connectivity index is 2.99. The Kier molecular flexibility index (Phi) is 8.32. The summed E-state index contributed by atoms with van der Waals surface area (Å²) >= 11 is 5.16. The molecule has 0 bridgehead atoms. The molecule has 22 heavy (non-hydrogen) atoms. The molecule has 1 aromatic rings. The van der Waals surface area contributed by atoms with Crippen molar-refractivity contribution in [2.24, 2.45) is 10.7 Å². The van der Waals surface area contributed by atoms with E-state index in [0.29, 0.717) is 13.0 Å². The molecule has 0 aliphatic rings. The highest BCUT2D eigenvalue weighted by molar-refractivity contribution is 14.1. The summed E-state index contributed by atoms with van der Waals surface area (Å²) in [5.41, 5.74) is 7.96. The normalized spacial score (nSPS) is 12.7. The van der Waals surface area contributed by atoms with E-state index in [0.717, 1.165) is 20.5 Å². The third kappa shape index (κ3) is 6.69. The Morgan fingerprint density at radius 2 is 2.27 bits per heavy atom. The minimum atomic E-state index is -0.286. The standard InChI is InChI=1S/C15H17BrFIN4/c1-2-21-9-10(8-19)5-12(7-15(16)20)22-14-4-3-11(17)6-13(14)18/h3-4,6-9,20,22H,2,5,19H2,1H3/b10-8?,12-7-,20-15?,21-9?. The molecule has 0 fully saturated rings. The first-order valence-corrected chi connectivity index (χ1v) is 8.40. The van der Waals surface area contributed by atoms with Gasteiger partial charge < -0.3 is 11.1 Å². The van der Waals surface area contributed by atoms with Crippen LogP contribution in [0.5, 0.6) is 0 Å². The molecule has 0 amide bonds. The van der Waals surface area contributed by atoms with Crippen LogP contribution in [0, 0.1) is 14.8 Å². The zero-order chi connectivity index (χ0) is 16.5. The lowest BCUT2D eigenvalue weighted by atomic mass is 10.1. The number of halogens is 3. The Labute approximate surface area is 151 Å². The highest BCUT2D eigenvalue weighted by atomic mass is 127. The van der Waals surface area contributed by atoms with E-state index in [2.05, 4.69) is 48.8 Å². The van der Waals surface area contributed by atoms with Gasteiger partial charge in [0.15, 0.2) is 0 Å². The average molecular weight is 479 g/mol. The first kappa shape index (κ1) is 18.8. The summed E-state index contributed by atoms with van der Waals surface area (Å²) in [6, 6.07) is 4.49. The van der Waals surface area contributed by atoms with Crippen LogP contribution < -0.4 is 11.1 Å². The van der Waals surface area contributed by atoms with E-state index >= 15 is 0 Å². The Morgan fingerprint density at radius 3 is 2.82 bits per heavy atom. The Morgan fingerprint density at radius 1 is 1.55 bits per heavy atom. The van der Waals surface area contributed by atoms with Gasteiger partial charge in [-0.05, 0) is 81.5 Å². The largest absolute Gasteiger partial charge is 0.404 e. The summed E-state index contributed by atoms with van der Waals surface area (Å²) in [6.07, 6.45) is 5.33. The lowest BCUT2D eigenvalue weighted by Crippen LogP contribution is -2.06. The molecule has 0 saturated carbocycles. The second kappa shape index (κ2) is 9.73. The summed E-state index contributed by atoms with van der Waals surface area (Å²) in [7, 11) is 0. The van der Waals surface area contributed by atoms with Gasteiger partial charge in [-0.25, -0.2) is 4.39 Å². The van der Waals surface area contributed by atoms with E-state index in [4.69, 9.17) is 11.1 Å². The van der Waals surface area contributed by atoms with E-state index in [9.17, 15) is 4.39 Å². The van der Waals surface area contributed by atoms with Crippen LogP contribution in [0.25, 0.3) is 0 Å². The summed E-state index contributed by atoms with van der Waals surface area (Å²) < 4.78 is 14.2. The number of hydrogen-bond donors (Lipinski definition) is 3. The van der Waals surface area contributed by atoms with Crippen molar-refractivity contribution in [3.63, 3.8) is 0 Å². The molecular weight excluding hydrogens is 462 g/mol. The topological polar surface area (TPSA) is 74.3 Å². The van der Waals surface area contributed by atoms with Gasteiger partial charge >= 0.3 is 0 Å². The van der Waals surface area contributed by atoms with E-state index in [1.165, 1.54) is 18.3 Å². The number of nitrogens with zero attached hydrogens (tertiary/aromatic N) is 1. The van der Waals surface area contributed by atoms with Crippen molar-refractivity contribution in [3.05, 3.63) is 51.1 Å². The van der Waals surface area contributed by atoms with Crippen molar-refractivity contribution in [2.75, 3.05) is 11.9 Å². The molecule has 0 aliphatic carbocycles. The highest BCUT2D eigenvalue weighted by Crippen LogP contribution is 2.22. The van der Waals surface area contributed by atoms with Crippen molar-refractivity contribution in [1.82, 2.24) is 0 Å². The van der Waals surface area contributed by atoms with Gasteiger partial charge in [0.2, 0.25) is 0 Å². The minimum absolute atomic E-state index is 0.232. The van der Waals surface area contributed by atoms with E-state index in [1.807, 2.05) is 6.92 Å². The van der Waals surface area contributed by atoms with Crippen LogP contribution in [0.3, 0.4) is 0 Å². The second-order valence-corrected chi connectivity index (χ2v) is 6.33. The third-order valence-corrected chi connectivity index (χ3v) is 3.70. The molecule has 7 heteroatoms. The fourth-order valence-electron chi connectivity index (χ4n) is 1.62. The van der Waals surface area contributed by atoms with Gasteiger partial charge in [0.05, 0.1) is 10.3 Å². The molecule has 1 aromatic carbocycles. The van der Waals surface area contributed by atoms with Gasteiger partial charge in [-0.1, -0.05) is 0 Å². The molecule has 0 aliphatic heterocycles.